The van der Waals surface area contributed by atoms with Crippen molar-refractivity contribution in [2.45, 2.75) is 0 Å². The van der Waals surface area contributed by atoms with Gasteiger partial charge < -0.3 is 16.4 Å². The fourth-order valence-electron chi connectivity index (χ4n) is 1.74. The van der Waals surface area contributed by atoms with Gasteiger partial charge in [0.2, 0.25) is 0 Å². The summed E-state index contributed by atoms with van der Waals surface area (Å²) in [6.45, 7) is 0. The Morgan fingerprint density at radius 2 is 1.62 bits per heavy atom. The van der Waals surface area contributed by atoms with Crippen LogP contribution in [0.2, 0.25) is 5.02 Å². The maximum Gasteiger partial charge on any atom is 0.255 e. The molecule has 0 aliphatic carbocycles. The minimum atomic E-state index is -0.328. The van der Waals surface area contributed by atoms with E-state index in [0.29, 0.717) is 27.5 Å². The summed E-state index contributed by atoms with van der Waals surface area (Å²) in [5.41, 5.74) is 7.39. The second-order valence-corrected chi connectivity index (χ2v) is 4.76. The molecule has 2 rings (SSSR count). The number of nitrogens with two attached hydrogens (primary N) is 1. The van der Waals surface area contributed by atoms with Gasteiger partial charge in [0.25, 0.3) is 11.8 Å². The number of carbonyl (C=O) groups is 2. The molecular formula is C15H14ClN3O2. The van der Waals surface area contributed by atoms with Crippen LogP contribution in [-0.4, -0.2) is 18.9 Å². The van der Waals surface area contributed by atoms with Gasteiger partial charge in [-0.3, -0.25) is 9.59 Å². The molecule has 0 spiro atoms. The Morgan fingerprint density at radius 3 is 2.24 bits per heavy atom. The highest BCUT2D eigenvalue weighted by molar-refractivity contribution is 6.34. The number of carbonyl (C=O) groups excluding carboxylic acids is 2. The van der Waals surface area contributed by atoms with Crippen LogP contribution in [0.5, 0.6) is 0 Å². The van der Waals surface area contributed by atoms with E-state index in [0.717, 1.165) is 0 Å². The van der Waals surface area contributed by atoms with E-state index in [-0.39, 0.29) is 11.8 Å². The van der Waals surface area contributed by atoms with E-state index in [4.69, 9.17) is 17.3 Å². The van der Waals surface area contributed by atoms with Crippen molar-refractivity contribution in [3.8, 4) is 0 Å². The molecule has 2 amide bonds. The first kappa shape index (κ1) is 14.9. The number of halogens is 1. The van der Waals surface area contributed by atoms with E-state index >= 15 is 0 Å². The van der Waals surface area contributed by atoms with Crippen molar-refractivity contribution in [3.63, 3.8) is 0 Å². The lowest BCUT2D eigenvalue weighted by atomic mass is 10.1. The van der Waals surface area contributed by atoms with Crippen molar-refractivity contribution in [3.05, 3.63) is 58.6 Å². The van der Waals surface area contributed by atoms with Crippen LogP contribution in [0.25, 0.3) is 0 Å². The number of nitrogens with one attached hydrogen (secondary N) is 2. The highest BCUT2D eigenvalue weighted by atomic mass is 35.5. The number of rotatable bonds is 3. The average molecular weight is 304 g/mol. The third kappa shape index (κ3) is 3.52. The first-order valence-electron chi connectivity index (χ1n) is 6.20. The van der Waals surface area contributed by atoms with Crippen LogP contribution < -0.4 is 16.4 Å². The second-order valence-electron chi connectivity index (χ2n) is 4.35. The van der Waals surface area contributed by atoms with E-state index in [1.165, 1.54) is 13.1 Å². The molecule has 2 aromatic carbocycles. The second kappa shape index (κ2) is 6.28. The molecule has 0 atom stereocenters. The number of benzene rings is 2. The highest BCUT2D eigenvalue weighted by Gasteiger charge is 2.11. The summed E-state index contributed by atoms with van der Waals surface area (Å²) in [6.07, 6.45) is 0. The molecule has 0 aromatic heterocycles. The maximum absolute atomic E-state index is 12.1. The molecule has 2 aromatic rings. The molecule has 0 heterocycles. The van der Waals surface area contributed by atoms with Gasteiger partial charge >= 0.3 is 0 Å². The Balaban J connectivity index is 2.24. The zero-order valence-electron chi connectivity index (χ0n) is 11.3. The molecule has 0 saturated heterocycles. The van der Waals surface area contributed by atoms with Crippen LogP contribution in [0.1, 0.15) is 20.7 Å². The molecule has 0 radical (unpaired) electrons. The van der Waals surface area contributed by atoms with Gasteiger partial charge in [0.15, 0.2) is 0 Å². The SMILES string of the molecule is CNC(=O)c1ccc(Cl)c(NC(=O)c2ccc(N)cc2)c1. The summed E-state index contributed by atoms with van der Waals surface area (Å²) < 4.78 is 0. The third-order valence-corrected chi connectivity index (χ3v) is 3.21. The zero-order chi connectivity index (χ0) is 15.4. The van der Waals surface area contributed by atoms with Crippen LogP contribution in [0.15, 0.2) is 42.5 Å². The Morgan fingerprint density at radius 1 is 1.00 bits per heavy atom. The molecule has 21 heavy (non-hydrogen) atoms. The molecule has 108 valence electrons. The lowest BCUT2D eigenvalue weighted by molar-refractivity contribution is 0.0961. The minimum absolute atomic E-state index is 0.255. The van der Waals surface area contributed by atoms with Gasteiger partial charge in [-0.05, 0) is 42.5 Å². The zero-order valence-corrected chi connectivity index (χ0v) is 12.1. The largest absolute Gasteiger partial charge is 0.399 e. The summed E-state index contributed by atoms with van der Waals surface area (Å²) in [6, 6.07) is 11.2. The number of amides is 2. The van der Waals surface area contributed by atoms with Crippen LogP contribution in [0.4, 0.5) is 11.4 Å². The van der Waals surface area contributed by atoms with Gasteiger partial charge in [0, 0.05) is 23.9 Å². The van der Waals surface area contributed by atoms with Crippen molar-refractivity contribution < 1.29 is 9.59 Å². The van der Waals surface area contributed by atoms with Crippen molar-refractivity contribution in [1.29, 1.82) is 0 Å². The van der Waals surface area contributed by atoms with Crippen molar-refractivity contribution in [2.24, 2.45) is 0 Å². The van der Waals surface area contributed by atoms with E-state index in [1.807, 2.05) is 0 Å². The lowest BCUT2D eigenvalue weighted by Crippen LogP contribution is -2.18. The van der Waals surface area contributed by atoms with Crippen LogP contribution in [-0.2, 0) is 0 Å². The number of hydrogen-bond donors (Lipinski definition) is 3. The maximum atomic E-state index is 12.1. The fourth-order valence-corrected chi connectivity index (χ4v) is 1.90. The molecule has 0 aliphatic heterocycles. The smallest absolute Gasteiger partial charge is 0.255 e. The number of nitrogen functional groups attached to an aromatic ring is 1. The predicted molar refractivity (Wildman–Crippen MR) is 83.6 cm³/mol. The normalized spacial score (nSPS) is 10.0. The van der Waals surface area contributed by atoms with E-state index < -0.39 is 0 Å². The number of anilines is 2. The summed E-state index contributed by atoms with van der Waals surface area (Å²) in [4.78, 5) is 23.7. The van der Waals surface area contributed by atoms with E-state index in [2.05, 4.69) is 10.6 Å². The minimum Gasteiger partial charge on any atom is -0.399 e. The van der Waals surface area contributed by atoms with Crippen molar-refractivity contribution in [1.82, 2.24) is 5.32 Å². The first-order valence-corrected chi connectivity index (χ1v) is 6.57. The molecule has 0 saturated carbocycles. The first-order chi connectivity index (χ1) is 10.0. The van der Waals surface area contributed by atoms with E-state index in [9.17, 15) is 9.59 Å². The quantitative estimate of drug-likeness (QED) is 0.762. The number of hydrogen-bond acceptors (Lipinski definition) is 3. The molecular weight excluding hydrogens is 290 g/mol. The van der Waals surface area contributed by atoms with Crippen molar-refractivity contribution >= 4 is 34.8 Å². The Bertz CT molecular complexity index is 684. The monoisotopic (exact) mass is 303 g/mol. The van der Waals surface area contributed by atoms with Gasteiger partial charge in [-0.2, -0.15) is 0 Å². The molecule has 0 aliphatic rings. The van der Waals surface area contributed by atoms with Gasteiger partial charge in [0.05, 0.1) is 10.7 Å². The standard InChI is InChI=1S/C15H14ClN3O2/c1-18-14(20)10-4-7-12(16)13(8-10)19-15(21)9-2-5-11(17)6-3-9/h2-8H,17H2,1H3,(H,18,20)(H,19,21). The van der Waals surface area contributed by atoms with Crippen LogP contribution in [0.3, 0.4) is 0 Å². The predicted octanol–water partition coefficient (Wildman–Crippen LogP) is 2.53. The summed E-state index contributed by atoms with van der Waals surface area (Å²) in [7, 11) is 1.53. The van der Waals surface area contributed by atoms with Crippen LogP contribution in [0, 0.1) is 0 Å². The summed E-state index contributed by atoms with van der Waals surface area (Å²) in [5.74, 6) is -0.583. The Hall–Kier alpha value is -2.53. The Kier molecular flexibility index (Phi) is 4.45. The van der Waals surface area contributed by atoms with Gasteiger partial charge in [-0.1, -0.05) is 11.6 Å². The molecule has 0 bridgehead atoms. The lowest BCUT2D eigenvalue weighted by Gasteiger charge is -2.09. The van der Waals surface area contributed by atoms with Gasteiger partial charge in [-0.25, -0.2) is 0 Å². The molecule has 6 heteroatoms. The Labute approximate surface area is 127 Å². The van der Waals surface area contributed by atoms with E-state index in [1.54, 1.807) is 36.4 Å². The molecule has 4 N–H and O–H groups in total. The third-order valence-electron chi connectivity index (χ3n) is 2.88. The average Bonchev–Trinajstić information content (AvgIpc) is 2.49. The fraction of sp³-hybridized carbons (Fsp3) is 0.0667. The highest BCUT2D eigenvalue weighted by Crippen LogP contribution is 2.23. The topological polar surface area (TPSA) is 84.2 Å². The van der Waals surface area contributed by atoms with Gasteiger partial charge in [0.1, 0.15) is 0 Å². The summed E-state index contributed by atoms with van der Waals surface area (Å²) in [5, 5.41) is 5.54. The summed E-state index contributed by atoms with van der Waals surface area (Å²) >= 11 is 6.03. The molecule has 0 unspecified atom stereocenters. The van der Waals surface area contributed by atoms with Gasteiger partial charge in [-0.15, -0.1) is 0 Å². The van der Waals surface area contributed by atoms with Crippen molar-refractivity contribution in [2.75, 3.05) is 18.1 Å². The molecule has 0 fully saturated rings. The molecule has 5 nitrogen and oxygen atoms in total. The van der Waals surface area contributed by atoms with Crippen LogP contribution >= 0.6 is 11.6 Å².